The van der Waals surface area contributed by atoms with E-state index in [0.29, 0.717) is 11.8 Å². The van der Waals surface area contributed by atoms with Crippen LogP contribution in [-0.2, 0) is 9.53 Å². The highest BCUT2D eigenvalue weighted by Crippen LogP contribution is 2.63. The Balaban J connectivity index is 1.68. The van der Waals surface area contributed by atoms with Gasteiger partial charge in [-0.2, -0.15) is 0 Å². The first-order valence-corrected chi connectivity index (χ1v) is 9.77. The number of carbonyl (C=O) groups excluding carboxylic acids is 1. The predicted molar refractivity (Wildman–Crippen MR) is 96.6 cm³/mol. The maximum Gasteiger partial charge on any atom is 0.302 e. The molecule has 138 valence electrons. The summed E-state index contributed by atoms with van der Waals surface area (Å²) < 4.78 is 5.57. The number of aliphatic hydroxyl groups is 1. The van der Waals surface area contributed by atoms with E-state index in [0.717, 1.165) is 38.5 Å². The summed E-state index contributed by atoms with van der Waals surface area (Å²) in [6.07, 6.45) is 10.1. The summed E-state index contributed by atoms with van der Waals surface area (Å²) >= 11 is 0. The molecule has 4 aliphatic rings. The van der Waals surface area contributed by atoms with Gasteiger partial charge in [-0.05, 0) is 61.2 Å². The molecular weight excluding hydrogens is 314 g/mol. The van der Waals surface area contributed by atoms with Crippen LogP contribution in [0, 0.1) is 22.7 Å². The molecule has 4 heteroatoms. The molecule has 7 atom stereocenters. The Kier molecular flexibility index (Phi) is 3.93. The number of allylic oxidation sites excluding steroid dienone is 3. The molecule has 4 aliphatic carbocycles. The Morgan fingerprint density at radius 3 is 2.72 bits per heavy atom. The first-order valence-electron chi connectivity index (χ1n) is 9.77. The van der Waals surface area contributed by atoms with Gasteiger partial charge in [-0.25, -0.2) is 0 Å². The smallest absolute Gasteiger partial charge is 0.302 e. The molecule has 0 aliphatic heterocycles. The maximum atomic E-state index is 11.5. The van der Waals surface area contributed by atoms with Crippen molar-refractivity contribution in [1.82, 2.24) is 0 Å². The highest BCUT2D eigenvalue weighted by Gasteiger charge is 2.59. The second-order valence-electron chi connectivity index (χ2n) is 9.23. The van der Waals surface area contributed by atoms with Crippen molar-refractivity contribution in [3.8, 4) is 0 Å². The van der Waals surface area contributed by atoms with Gasteiger partial charge in [0.2, 0.25) is 0 Å². The Morgan fingerprint density at radius 1 is 1.24 bits per heavy atom. The van der Waals surface area contributed by atoms with Crippen molar-refractivity contribution >= 4 is 5.97 Å². The van der Waals surface area contributed by atoms with E-state index in [1.807, 2.05) is 0 Å². The number of ether oxygens (including phenoxy) is 1. The standard InChI is InChI=1S/C21H31NO3/c1-12(23)25-18-11-17-15-5-4-13-10-14(24)6-8-20(13,2)16(15)7-9-21(17,3)19(18)22/h4-5,14,16-19,24H,6-11,22H2,1-3H3/t14?,16-,17+,18?,19?,20+,21+/m1/s1. The summed E-state index contributed by atoms with van der Waals surface area (Å²) in [5.41, 5.74) is 9.69. The van der Waals surface area contributed by atoms with E-state index < -0.39 is 0 Å². The van der Waals surface area contributed by atoms with Crippen LogP contribution in [0.25, 0.3) is 0 Å². The van der Waals surface area contributed by atoms with Crippen LogP contribution in [0.3, 0.4) is 0 Å². The molecule has 3 unspecified atom stereocenters. The number of carbonyl (C=O) groups is 1. The number of nitrogens with two attached hydrogens (primary N) is 1. The van der Waals surface area contributed by atoms with Crippen LogP contribution in [-0.4, -0.2) is 29.3 Å². The van der Waals surface area contributed by atoms with Crippen LogP contribution in [0.15, 0.2) is 23.3 Å². The molecule has 0 spiro atoms. The van der Waals surface area contributed by atoms with Crippen LogP contribution in [0.2, 0.25) is 0 Å². The highest BCUT2D eigenvalue weighted by atomic mass is 16.5. The maximum absolute atomic E-state index is 11.5. The molecule has 0 aromatic rings. The van der Waals surface area contributed by atoms with E-state index in [4.69, 9.17) is 10.5 Å². The molecule has 3 fully saturated rings. The minimum Gasteiger partial charge on any atom is -0.461 e. The lowest BCUT2D eigenvalue weighted by Crippen LogP contribution is -2.50. The molecule has 0 amide bonds. The summed E-state index contributed by atoms with van der Waals surface area (Å²) in [6.45, 7) is 6.15. The van der Waals surface area contributed by atoms with Crippen molar-refractivity contribution in [2.24, 2.45) is 28.4 Å². The molecule has 0 aromatic heterocycles. The van der Waals surface area contributed by atoms with Gasteiger partial charge in [0.05, 0.1) is 6.10 Å². The summed E-state index contributed by atoms with van der Waals surface area (Å²) in [4.78, 5) is 11.5. The zero-order valence-corrected chi connectivity index (χ0v) is 15.6. The molecule has 3 saturated carbocycles. The van der Waals surface area contributed by atoms with Crippen LogP contribution in [0.5, 0.6) is 0 Å². The minimum absolute atomic E-state index is 0.0122. The fourth-order valence-electron chi connectivity index (χ4n) is 6.35. The van der Waals surface area contributed by atoms with E-state index in [-0.39, 0.29) is 35.0 Å². The fraction of sp³-hybridized carbons (Fsp3) is 0.762. The van der Waals surface area contributed by atoms with Crippen molar-refractivity contribution in [3.05, 3.63) is 23.3 Å². The second kappa shape index (κ2) is 5.68. The van der Waals surface area contributed by atoms with Gasteiger partial charge >= 0.3 is 5.97 Å². The van der Waals surface area contributed by atoms with Gasteiger partial charge in [-0.1, -0.05) is 37.1 Å². The summed E-state index contributed by atoms with van der Waals surface area (Å²) in [5.74, 6) is 0.709. The Labute approximate surface area is 150 Å². The lowest BCUT2D eigenvalue weighted by molar-refractivity contribution is -0.147. The molecular formula is C21H31NO3. The third-order valence-electron chi connectivity index (χ3n) is 7.95. The summed E-state index contributed by atoms with van der Waals surface area (Å²) in [7, 11) is 0. The molecule has 4 rings (SSSR count). The number of fused-ring (bicyclic) bond motifs is 5. The summed E-state index contributed by atoms with van der Waals surface area (Å²) in [6, 6.07) is -0.0883. The fourth-order valence-corrected chi connectivity index (χ4v) is 6.35. The first kappa shape index (κ1) is 17.3. The van der Waals surface area contributed by atoms with Crippen LogP contribution >= 0.6 is 0 Å². The largest absolute Gasteiger partial charge is 0.461 e. The SMILES string of the molecule is CC(=O)OC1C[C@H]2C3=CC=C4CC(O)CC[C@]4(C)[C@@H]3CC[C@]2(C)C1N. The molecule has 0 heterocycles. The molecule has 0 bridgehead atoms. The lowest BCUT2D eigenvalue weighted by Gasteiger charge is -2.54. The van der Waals surface area contributed by atoms with Gasteiger partial charge in [0.1, 0.15) is 6.10 Å². The van der Waals surface area contributed by atoms with Gasteiger partial charge in [-0.3, -0.25) is 4.79 Å². The van der Waals surface area contributed by atoms with Gasteiger partial charge < -0.3 is 15.6 Å². The highest BCUT2D eigenvalue weighted by molar-refractivity contribution is 5.66. The van der Waals surface area contributed by atoms with E-state index >= 15 is 0 Å². The number of aliphatic hydroxyl groups excluding tert-OH is 1. The molecule has 0 radical (unpaired) electrons. The molecule has 25 heavy (non-hydrogen) atoms. The van der Waals surface area contributed by atoms with Crippen molar-refractivity contribution < 1.29 is 14.6 Å². The number of hydrogen-bond donors (Lipinski definition) is 2. The van der Waals surface area contributed by atoms with E-state index in [1.54, 1.807) is 0 Å². The van der Waals surface area contributed by atoms with E-state index in [1.165, 1.54) is 18.1 Å². The number of esters is 1. The number of hydrogen-bond acceptors (Lipinski definition) is 4. The van der Waals surface area contributed by atoms with Gasteiger partial charge in [0.25, 0.3) is 0 Å². The van der Waals surface area contributed by atoms with Crippen LogP contribution in [0.4, 0.5) is 0 Å². The monoisotopic (exact) mass is 345 g/mol. The third-order valence-corrected chi connectivity index (χ3v) is 7.95. The second-order valence-corrected chi connectivity index (χ2v) is 9.23. The van der Waals surface area contributed by atoms with Crippen LogP contribution in [0.1, 0.15) is 59.3 Å². The summed E-state index contributed by atoms with van der Waals surface area (Å²) in [5, 5.41) is 10.1. The molecule has 0 aromatic carbocycles. The van der Waals surface area contributed by atoms with Gasteiger partial charge in [0, 0.05) is 13.0 Å². The molecule has 0 saturated heterocycles. The van der Waals surface area contributed by atoms with Crippen LogP contribution < -0.4 is 5.73 Å². The van der Waals surface area contributed by atoms with E-state index in [2.05, 4.69) is 26.0 Å². The predicted octanol–water partition coefficient (Wildman–Crippen LogP) is 3.10. The van der Waals surface area contributed by atoms with Crippen molar-refractivity contribution in [2.75, 3.05) is 0 Å². The lowest BCUT2D eigenvalue weighted by atomic mass is 9.51. The van der Waals surface area contributed by atoms with Gasteiger partial charge in [0.15, 0.2) is 0 Å². The average molecular weight is 345 g/mol. The average Bonchev–Trinajstić information content (AvgIpc) is 2.79. The zero-order valence-electron chi connectivity index (χ0n) is 15.6. The Morgan fingerprint density at radius 2 is 2.00 bits per heavy atom. The van der Waals surface area contributed by atoms with Gasteiger partial charge in [-0.15, -0.1) is 0 Å². The Bertz CT molecular complexity index is 654. The quantitative estimate of drug-likeness (QED) is 0.716. The van der Waals surface area contributed by atoms with E-state index in [9.17, 15) is 9.90 Å². The molecule has 4 nitrogen and oxygen atoms in total. The first-order chi connectivity index (χ1) is 11.8. The molecule has 3 N–H and O–H groups in total. The van der Waals surface area contributed by atoms with Crippen molar-refractivity contribution in [1.29, 1.82) is 0 Å². The van der Waals surface area contributed by atoms with Crippen molar-refractivity contribution in [3.63, 3.8) is 0 Å². The third kappa shape index (κ3) is 2.44. The number of rotatable bonds is 1. The topological polar surface area (TPSA) is 72.5 Å². The normalized spacial score (nSPS) is 48.6. The van der Waals surface area contributed by atoms with Crippen molar-refractivity contribution in [2.45, 2.75) is 77.5 Å². The zero-order chi connectivity index (χ0) is 18.0. The Hall–Kier alpha value is -1.13. The minimum atomic E-state index is -0.229.